The van der Waals surface area contributed by atoms with Crippen molar-refractivity contribution in [2.75, 3.05) is 36.8 Å². The number of halogens is 1. The molecule has 7 nitrogen and oxygen atoms in total. The lowest BCUT2D eigenvalue weighted by Gasteiger charge is -2.10. The van der Waals surface area contributed by atoms with Crippen LogP contribution in [0.15, 0.2) is 53.4 Å². The fourth-order valence-electron chi connectivity index (χ4n) is 2.13. The Morgan fingerprint density at radius 2 is 1.59 bits per heavy atom. The topological polar surface area (TPSA) is 96.5 Å². The van der Waals surface area contributed by atoms with Crippen molar-refractivity contribution in [3.8, 4) is 0 Å². The van der Waals surface area contributed by atoms with Gasteiger partial charge in [0.05, 0.1) is 18.0 Å². The van der Waals surface area contributed by atoms with Crippen molar-refractivity contribution in [3.05, 3.63) is 54.1 Å². The number of nitrogens with one attached hydrogen (secondary N) is 3. The number of hydrogen-bond donors (Lipinski definition) is 3. The SMILES string of the molecule is COCCNCC(=O)Nc1ccc(NS(=O)(=O)c2ccc(C)cc2)cc1.Cl. The quantitative estimate of drug-likeness (QED) is 0.548. The van der Waals surface area contributed by atoms with Crippen molar-refractivity contribution < 1.29 is 17.9 Å². The van der Waals surface area contributed by atoms with E-state index in [2.05, 4.69) is 15.4 Å². The van der Waals surface area contributed by atoms with Gasteiger partial charge >= 0.3 is 0 Å². The average Bonchev–Trinajstić information content (AvgIpc) is 2.61. The van der Waals surface area contributed by atoms with Crippen LogP contribution in [0, 0.1) is 6.92 Å². The van der Waals surface area contributed by atoms with Gasteiger partial charge in [0, 0.05) is 25.0 Å². The summed E-state index contributed by atoms with van der Waals surface area (Å²) in [5.41, 5.74) is 1.99. The monoisotopic (exact) mass is 413 g/mol. The van der Waals surface area contributed by atoms with Crippen molar-refractivity contribution >= 4 is 39.7 Å². The van der Waals surface area contributed by atoms with Gasteiger partial charge < -0.3 is 15.4 Å². The van der Waals surface area contributed by atoms with Gasteiger partial charge in [0.1, 0.15) is 0 Å². The molecule has 1 amide bonds. The van der Waals surface area contributed by atoms with Gasteiger partial charge in [0.2, 0.25) is 5.91 Å². The van der Waals surface area contributed by atoms with E-state index in [-0.39, 0.29) is 29.8 Å². The average molecular weight is 414 g/mol. The van der Waals surface area contributed by atoms with Crippen molar-refractivity contribution in [1.29, 1.82) is 0 Å². The molecular formula is C18H24ClN3O4S. The van der Waals surface area contributed by atoms with Gasteiger partial charge in [0.15, 0.2) is 0 Å². The summed E-state index contributed by atoms with van der Waals surface area (Å²) in [6.07, 6.45) is 0. The molecule has 0 saturated carbocycles. The zero-order valence-electron chi connectivity index (χ0n) is 15.2. The highest BCUT2D eigenvalue weighted by Gasteiger charge is 2.13. The van der Waals surface area contributed by atoms with Crippen molar-refractivity contribution in [2.24, 2.45) is 0 Å². The van der Waals surface area contributed by atoms with E-state index in [0.29, 0.717) is 24.5 Å². The van der Waals surface area contributed by atoms with E-state index in [1.165, 1.54) is 0 Å². The van der Waals surface area contributed by atoms with Gasteiger partial charge in [-0.2, -0.15) is 0 Å². The third kappa shape index (κ3) is 7.56. The Bertz CT molecular complexity index is 825. The molecule has 0 radical (unpaired) electrons. The largest absolute Gasteiger partial charge is 0.383 e. The fraction of sp³-hybridized carbons (Fsp3) is 0.278. The van der Waals surface area contributed by atoms with Gasteiger partial charge in [-0.25, -0.2) is 8.42 Å². The van der Waals surface area contributed by atoms with Crippen LogP contribution in [0.4, 0.5) is 11.4 Å². The molecule has 0 spiro atoms. The third-order valence-electron chi connectivity index (χ3n) is 3.52. The minimum Gasteiger partial charge on any atom is -0.383 e. The van der Waals surface area contributed by atoms with Crippen LogP contribution < -0.4 is 15.4 Å². The maximum absolute atomic E-state index is 12.3. The number of amides is 1. The van der Waals surface area contributed by atoms with E-state index in [9.17, 15) is 13.2 Å². The molecule has 27 heavy (non-hydrogen) atoms. The lowest BCUT2D eigenvalue weighted by molar-refractivity contribution is -0.115. The molecule has 0 saturated heterocycles. The summed E-state index contributed by atoms with van der Waals surface area (Å²) >= 11 is 0. The smallest absolute Gasteiger partial charge is 0.261 e. The standard InChI is InChI=1S/C18H23N3O4S.ClH/c1-14-3-9-17(10-4-14)26(23,24)21-16-7-5-15(6-8-16)20-18(22)13-19-11-12-25-2;/h3-10,19,21H,11-13H2,1-2H3,(H,20,22);1H. The van der Waals surface area contributed by atoms with E-state index < -0.39 is 10.0 Å². The number of benzene rings is 2. The Morgan fingerprint density at radius 3 is 2.19 bits per heavy atom. The number of aryl methyl sites for hydroxylation is 1. The third-order valence-corrected chi connectivity index (χ3v) is 4.92. The molecule has 0 heterocycles. The van der Waals surface area contributed by atoms with Crippen LogP contribution in [0.1, 0.15) is 5.56 Å². The van der Waals surface area contributed by atoms with Crippen LogP contribution in [-0.2, 0) is 19.6 Å². The van der Waals surface area contributed by atoms with E-state index in [4.69, 9.17) is 4.74 Å². The predicted molar refractivity (Wildman–Crippen MR) is 109 cm³/mol. The van der Waals surface area contributed by atoms with Crippen LogP contribution in [0.25, 0.3) is 0 Å². The van der Waals surface area contributed by atoms with Crippen molar-refractivity contribution in [3.63, 3.8) is 0 Å². The highest BCUT2D eigenvalue weighted by atomic mass is 35.5. The second-order valence-corrected chi connectivity index (χ2v) is 7.40. The van der Waals surface area contributed by atoms with E-state index in [1.54, 1.807) is 55.6 Å². The highest BCUT2D eigenvalue weighted by molar-refractivity contribution is 7.92. The predicted octanol–water partition coefficient (Wildman–Crippen LogP) is 2.39. The molecule has 9 heteroatoms. The molecule has 148 valence electrons. The minimum atomic E-state index is -3.64. The number of ether oxygens (including phenoxy) is 1. The molecule has 0 fully saturated rings. The highest BCUT2D eigenvalue weighted by Crippen LogP contribution is 2.18. The van der Waals surface area contributed by atoms with Crippen molar-refractivity contribution in [2.45, 2.75) is 11.8 Å². The molecular weight excluding hydrogens is 390 g/mol. The zero-order chi connectivity index (χ0) is 19.0. The lowest BCUT2D eigenvalue weighted by Crippen LogP contribution is -2.30. The maximum atomic E-state index is 12.3. The Balaban J connectivity index is 0.00000364. The molecule has 0 aliphatic rings. The maximum Gasteiger partial charge on any atom is 0.261 e. The van der Waals surface area contributed by atoms with Gasteiger partial charge in [-0.05, 0) is 43.3 Å². The Labute approximate surface area is 166 Å². The summed E-state index contributed by atoms with van der Waals surface area (Å²) in [5, 5.41) is 5.67. The number of carbonyl (C=O) groups excluding carboxylic acids is 1. The lowest BCUT2D eigenvalue weighted by atomic mass is 10.2. The zero-order valence-corrected chi connectivity index (χ0v) is 16.8. The Kier molecular flexibility index (Phi) is 9.23. The normalized spacial score (nSPS) is 10.7. The molecule has 0 unspecified atom stereocenters. The molecule has 2 aromatic carbocycles. The number of hydrogen-bond acceptors (Lipinski definition) is 5. The molecule has 0 aliphatic heterocycles. The molecule has 0 aromatic heterocycles. The van der Waals surface area contributed by atoms with Crippen LogP contribution >= 0.6 is 12.4 Å². The summed E-state index contributed by atoms with van der Waals surface area (Å²) in [6.45, 7) is 3.18. The molecule has 2 aromatic rings. The Hall–Kier alpha value is -2.13. The minimum absolute atomic E-state index is 0. The first-order valence-corrected chi connectivity index (χ1v) is 9.58. The molecule has 0 bridgehead atoms. The molecule has 0 aliphatic carbocycles. The fourth-order valence-corrected chi connectivity index (χ4v) is 3.19. The first kappa shape index (κ1) is 22.9. The van der Waals surface area contributed by atoms with E-state index in [0.717, 1.165) is 5.56 Å². The molecule has 3 N–H and O–H groups in total. The summed E-state index contributed by atoms with van der Waals surface area (Å²) in [5.74, 6) is -0.186. The van der Waals surface area contributed by atoms with Crippen LogP contribution in [-0.4, -0.2) is 41.1 Å². The first-order chi connectivity index (χ1) is 12.4. The van der Waals surface area contributed by atoms with E-state index >= 15 is 0 Å². The number of rotatable bonds is 9. The van der Waals surface area contributed by atoms with Crippen LogP contribution in [0.3, 0.4) is 0 Å². The first-order valence-electron chi connectivity index (χ1n) is 8.10. The van der Waals surface area contributed by atoms with Crippen LogP contribution in [0.5, 0.6) is 0 Å². The second-order valence-electron chi connectivity index (χ2n) is 5.71. The van der Waals surface area contributed by atoms with Gasteiger partial charge in [0.25, 0.3) is 10.0 Å². The van der Waals surface area contributed by atoms with Crippen LogP contribution in [0.2, 0.25) is 0 Å². The summed E-state index contributed by atoms with van der Waals surface area (Å²) < 4.78 is 32.1. The number of carbonyl (C=O) groups is 1. The van der Waals surface area contributed by atoms with Gasteiger partial charge in [-0.1, -0.05) is 17.7 Å². The van der Waals surface area contributed by atoms with Gasteiger partial charge in [-0.3, -0.25) is 9.52 Å². The van der Waals surface area contributed by atoms with Crippen molar-refractivity contribution in [1.82, 2.24) is 5.32 Å². The Morgan fingerprint density at radius 1 is 1.00 bits per heavy atom. The summed E-state index contributed by atoms with van der Waals surface area (Å²) in [6, 6.07) is 13.1. The number of sulfonamides is 1. The molecule has 2 rings (SSSR count). The molecule has 0 atom stereocenters. The van der Waals surface area contributed by atoms with Gasteiger partial charge in [-0.15, -0.1) is 12.4 Å². The second kappa shape index (κ2) is 10.9. The van der Waals surface area contributed by atoms with E-state index in [1.807, 2.05) is 6.92 Å². The summed E-state index contributed by atoms with van der Waals surface area (Å²) in [4.78, 5) is 12.0. The number of methoxy groups -OCH3 is 1. The number of anilines is 2. The summed E-state index contributed by atoms with van der Waals surface area (Å²) in [7, 11) is -2.05.